The molecule has 132 valence electrons. The van der Waals surface area contributed by atoms with Crippen molar-refractivity contribution in [2.24, 2.45) is 11.7 Å². The zero-order valence-corrected chi connectivity index (χ0v) is 14.1. The van der Waals surface area contributed by atoms with Crippen LogP contribution in [0.1, 0.15) is 30.2 Å². The molecule has 2 amide bonds. The summed E-state index contributed by atoms with van der Waals surface area (Å²) in [6, 6.07) is 10.7. The number of carbonyl (C=O) groups excluding carboxylic acids is 2. The number of nitrogens with zero attached hydrogens (tertiary/aromatic N) is 2. The minimum absolute atomic E-state index is 0.0664. The Morgan fingerprint density at radius 1 is 1.28 bits per heavy atom. The number of anilines is 1. The van der Waals surface area contributed by atoms with E-state index in [1.807, 2.05) is 35.2 Å². The smallest absolute Gasteiger partial charge is 0.239 e. The first-order valence-corrected chi connectivity index (χ1v) is 8.37. The molecule has 2 aromatic rings. The summed E-state index contributed by atoms with van der Waals surface area (Å²) in [6.07, 6.45) is 1.33. The Bertz CT molecular complexity index is 736. The van der Waals surface area contributed by atoms with Gasteiger partial charge in [-0.05, 0) is 38.4 Å². The van der Waals surface area contributed by atoms with Gasteiger partial charge in [0.05, 0.1) is 0 Å². The molecule has 0 aliphatic carbocycles. The van der Waals surface area contributed by atoms with Gasteiger partial charge in [-0.3, -0.25) is 14.5 Å². The van der Waals surface area contributed by atoms with Crippen LogP contribution in [0.25, 0.3) is 0 Å². The fourth-order valence-electron chi connectivity index (χ4n) is 3.26. The van der Waals surface area contributed by atoms with Crippen LogP contribution in [0.3, 0.4) is 0 Å². The first-order valence-electron chi connectivity index (χ1n) is 8.37. The van der Waals surface area contributed by atoms with Crippen LogP contribution in [-0.4, -0.2) is 35.0 Å². The molecule has 7 nitrogen and oxygen atoms in total. The lowest BCUT2D eigenvalue weighted by atomic mass is 9.93. The van der Waals surface area contributed by atoms with Crippen LogP contribution in [0, 0.1) is 12.8 Å². The van der Waals surface area contributed by atoms with Crippen molar-refractivity contribution in [1.29, 1.82) is 0 Å². The van der Waals surface area contributed by atoms with E-state index in [4.69, 9.17) is 10.3 Å². The molecule has 1 aromatic carbocycles. The Labute approximate surface area is 146 Å². The third-order valence-electron chi connectivity index (χ3n) is 4.53. The highest BCUT2D eigenvalue weighted by Crippen LogP contribution is 2.27. The fraction of sp³-hybridized carbons (Fsp3) is 0.389. The lowest BCUT2D eigenvalue weighted by Gasteiger charge is -2.35. The van der Waals surface area contributed by atoms with Gasteiger partial charge in [0.1, 0.15) is 11.8 Å². The molecule has 0 bridgehead atoms. The monoisotopic (exact) mass is 342 g/mol. The van der Waals surface area contributed by atoms with Crippen molar-refractivity contribution in [2.75, 3.05) is 18.4 Å². The molecule has 3 N–H and O–H groups in total. The van der Waals surface area contributed by atoms with Gasteiger partial charge < -0.3 is 15.6 Å². The summed E-state index contributed by atoms with van der Waals surface area (Å²) in [7, 11) is 0. The number of benzene rings is 1. The number of hydrogen-bond acceptors (Lipinski definition) is 5. The van der Waals surface area contributed by atoms with Crippen molar-refractivity contribution in [3.63, 3.8) is 0 Å². The molecular weight excluding hydrogens is 320 g/mol. The standard InChI is InChI=1S/C18H22N4O3/c1-12-11-15(21-25-12)20-18(24)14-7-9-22(10-8-14)16(17(19)23)13-5-3-2-4-6-13/h2-6,11,14,16H,7-10H2,1H3,(H2,19,23)(H,20,21,24). The second-order valence-electron chi connectivity index (χ2n) is 6.34. The average molecular weight is 342 g/mol. The number of amides is 2. The maximum atomic E-state index is 12.4. The minimum atomic E-state index is -0.455. The van der Waals surface area contributed by atoms with Gasteiger partial charge in [-0.2, -0.15) is 0 Å². The molecule has 0 radical (unpaired) electrons. The van der Waals surface area contributed by atoms with E-state index in [9.17, 15) is 9.59 Å². The third-order valence-corrected chi connectivity index (χ3v) is 4.53. The second-order valence-corrected chi connectivity index (χ2v) is 6.34. The number of aryl methyl sites for hydroxylation is 1. The molecule has 0 saturated carbocycles. The van der Waals surface area contributed by atoms with Crippen LogP contribution in [-0.2, 0) is 9.59 Å². The second kappa shape index (κ2) is 7.48. The van der Waals surface area contributed by atoms with Crippen LogP contribution in [0.2, 0.25) is 0 Å². The molecule has 1 aromatic heterocycles. The van der Waals surface area contributed by atoms with Gasteiger partial charge in [-0.25, -0.2) is 0 Å². The summed E-state index contributed by atoms with van der Waals surface area (Å²) < 4.78 is 4.95. The third kappa shape index (κ3) is 4.06. The lowest BCUT2D eigenvalue weighted by molar-refractivity contribution is -0.125. The van der Waals surface area contributed by atoms with Gasteiger partial charge >= 0.3 is 0 Å². The Balaban J connectivity index is 1.60. The summed E-state index contributed by atoms with van der Waals surface area (Å²) in [4.78, 5) is 26.3. The lowest BCUT2D eigenvalue weighted by Crippen LogP contribution is -2.44. The molecule has 2 heterocycles. The largest absolute Gasteiger partial charge is 0.368 e. The zero-order chi connectivity index (χ0) is 17.8. The van der Waals surface area contributed by atoms with E-state index in [0.29, 0.717) is 37.5 Å². The van der Waals surface area contributed by atoms with E-state index in [2.05, 4.69) is 10.5 Å². The highest BCUT2D eigenvalue weighted by atomic mass is 16.5. The van der Waals surface area contributed by atoms with Crippen molar-refractivity contribution in [3.8, 4) is 0 Å². The summed E-state index contributed by atoms with van der Waals surface area (Å²) in [5.74, 6) is 0.537. The van der Waals surface area contributed by atoms with Crippen molar-refractivity contribution in [1.82, 2.24) is 10.1 Å². The molecule has 1 saturated heterocycles. The van der Waals surface area contributed by atoms with Gasteiger partial charge in [-0.1, -0.05) is 35.5 Å². The molecule has 7 heteroatoms. The van der Waals surface area contributed by atoms with Gasteiger partial charge in [0.2, 0.25) is 11.8 Å². The number of primary amides is 1. The SMILES string of the molecule is Cc1cc(NC(=O)C2CCN(C(C(N)=O)c3ccccc3)CC2)no1. The molecule has 1 fully saturated rings. The van der Waals surface area contributed by atoms with E-state index in [1.165, 1.54) is 0 Å². The summed E-state index contributed by atoms with van der Waals surface area (Å²) >= 11 is 0. The maximum absolute atomic E-state index is 12.4. The Kier molecular flexibility index (Phi) is 5.14. The summed E-state index contributed by atoms with van der Waals surface area (Å²) in [6.45, 7) is 3.05. The van der Waals surface area contributed by atoms with Gasteiger partial charge in [-0.15, -0.1) is 0 Å². The molecular formula is C18H22N4O3. The topological polar surface area (TPSA) is 101 Å². The molecule has 1 aliphatic heterocycles. The number of rotatable bonds is 5. The van der Waals surface area contributed by atoms with E-state index in [-0.39, 0.29) is 17.7 Å². The van der Waals surface area contributed by atoms with Crippen LogP contribution >= 0.6 is 0 Å². The maximum Gasteiger partial charge on any atom is 0.239 e. The predicted octanol–water partition coefficient (Wildman–Crippen LogP) is 1.86. The van der Waals surface area contributed by atoms with Crippen LogP contribution < -0.4 is 11.1 Å². The van der Waals surface area contributed by atoms with Crippen LogP contribution in [0.15, 0.2) is 40.9 Å². The zero-order valence-electron chi connectivity index (χ0n) is 14.1. The highest BCUT2D eigenvalue weighted by molar-refractivity contribution is 5.91. The molecule has 1 unspecified atom stereocenters. The number of carbonyl (C=O) groups is 2. The predicted molar refractivity (Wildman–Crippen MR) is 92.5 cm³/mol. The summed E-state index contributed by atoms with van der Waals surface area (Å²) in [5, 5.41) is 6.56. The fourth-order valence-corrected chi connectivity index (χ4v) is 3.26. The molecule has 0 spiro atoms. The number of likely N-dealkylation sites (tertiary alicyclic amines) is 1. The molecule has 1 atom stereocenters. The van der Waals surface area contributed by atoms with Crippen molar-refractivity contribution in [3.05, 3.63) is 47.7 Å². The first kappa shape index (κ1) is 17.2. The normalized spacial score (nSPS) is 17.2. The van der Waals surface area contributed by atoms with Gasteiger partial charge in [0.25, 0.3) is 0 Å². The van der Waals surface area contributed by atoms with E-state index in [1.54, 1.807) is 13.0 Å². The van der Waals surface area contributed by atoms with Gasteiger partial charge in [0.15, 0.2) is 5.82 Å². The molecule has 25 heavy (non-hydrogen) atoms. The summed E-state index contributed by atoms with van der Waals surface area (Å²) in [5.41, 5.74) is 6.51. The van der Waals surface area contributed by atoms with E-state index in [0.717, 1.165) is 5.56 Å². The van der Waals surface area contributed by atoms with Crippen LogP contribution in [0.4, 0.5) is 5.82 Å². The Morgan fingerprint density at radius 2 is 1.96 bits per heavy atom. The number of hydrogen-bond donors (Lipinski definition) is 2. The number of nitrogens with two attached hydrogens (primary N) is 1. The van der Waals surface area contributed by atoms with Crippen LogP contribution in [0.5, 0.6) is 0 Å². The minimum Gasteiger partial charge on any atom is -0.368 e. The van der Waals surface area contributed by atoms with E-state index < -0.39 is 6.04 Å². The Hall–Kier alpha value is -2.67. The van der Waals surface area contributed by atoms with Crippen molar-refractivity contribution >= 4 is 17.6 Å². The van der Waals surface area contributed by atoms with Gasteiger partial charge in [0, 0.05) is 12.0 Å². The number of aromatic nitrogens is 1. The van der Waals surface area contributed by atoms with E-state index >= 15 is 0 Å². The average Bonchev–Trinajstić information content (AvgIpc) is 3.01. The highest BCUT2D eigenvalue weighted by Gasteiger charge is 2.32. The van der Waals surface area contributed by atoms with Crippen molar-refractivity contribution < 1.29 is 14.1 Å². The molecule has 3 rings (SSSR count). The first-order chi connectivity index (χ1) is 12.0. The van der Waals surface area contributed by atoms with Crippen molar-refractivity contribution in [2.45, 2.75) is 25.8 Å². The quantitative estimate of drug-likeness (QED) is 0.863. The number of piperidine rings is 1. The molecule has 1 aliphatic rings. The number of nitrogens with one attached hydrogen (secondary N) is 1. The Morgan fingerprint density at radius 3 is 2.52 bits per heavy atom.